The summed E-state index contributed by atoms with van der Waals surface area (Å²) in [6.07, 6.45) is -1.54. The first-order chi connectivity index (χ1) is 12.2. The number of halogens is 1. The van der Waals surface area contributed by atoms with E-state index in [1.54, 1.807) is 0 Å². The van der Waals surface area contributed by atoms with E-state index in [0.29, 0.717) is 0 Å². The van der Waals surface area contributed by atoms with Gasteiger partial charge in [-0.2, -0.15) is 0 Å². The second-order valence-electron chi connectivity index (χ2n) is 5.47. The Morgan fingerprint density at radius 1 is 1.23 bits per heavy atom. The Hall–Kier alpha value is -3.14. The van der Waals surface area contributed by atoms with Crippen LogP contribution in [0.15, 0.2) is 47.4 Å². The predicted octanol–water partition coefficient (Wildman–Crippen LogP) is 2.42. The minimum Gasteiger partial charge on any atom is -0.449 e. The van der Waals surface area contributed by atoms with Gasteiger partial charge in [-0.05, 0) is 43.3 Å². The van der Waals surface area contributed by atoms with Gasteiger partial charge in [0, 0.05) is 6.07 Å². The third-order valence-corrected chi connectivity index (χ3v) is 5.67. The number of rotatable bonds is 3. The highest BCUT2D eigenvalue weighted by Gasteiger charge is 2.38. The van der Waals surface area contributed by atoms with Crippen LogP contribution in [0.1, 0.15) is 6.92 Å². The number of hydrogen-bond donors (Lipinski definition) is 2. The summed E-state index contributed by atoms with van der Waals surface area (Å²) in [5, 5.41) is 11.1. The number of benzene rings is 2. The third-order valence-electron chi connectivity index (χ3n) is 3.77. The van der Waals surface area contributed by atoms with E-state index in [0.717, 1.165) is 28.6 Å². The van der Waals surface area contributed by atoms with Crippen molar-refractivity contribution < 1.29 is 32.2 Å². The van der Waals surface area contributed by atoms with E-state index in [9.17, 15) is 22.4 Å². The normalized spacial score (nSPS) is 16.6. The summed E-state index contributed by atoms with van der Waals surface area (Å²) >= 11 is 0. The van der Waals surface area contributed by atoms with Crippen molar-refractivity contribution in [1.29, 1.82) is 0 Å². The standard InChI is InChI=1S/C16H13FN2O6S/c1-9-15(20)18-13-7-2-10(17)8-14(13)19(9)26(23,24)12-5-3-11(4-6-12)25-16(21)22/h2-9H,1H3,(H,18,20)(H,21,22)/t9-/m0/s1. The van der Waals surface area contributed by atoms with Gasteiger partial charge in [0.2, 0.25) is 5.91 Å². The number of sulfonamides is 1. The van der Waals surface area contributed by atoms with Crippen molar-refractivity contribution in [3.8, 4) is 5.75 Å². The van der Waals surface area contributed by atoms with Crippen LogP contribution in [-0.2, 0) is 14.8 Å². The van der Waals surface area contributed by atoms with Crippen molar-refractivity contribution in [2.24, 2.45) is 0 Å². The maximum absolute atomic E-state index is 13.7. The Balaban J connectivity index is 2.07. The van der Waals surface area contributed by atoms with Crippen LogP contribution >= 0.6 is 0 Å². The zero-order valence-electron chi connectivity index (χ0n) is 13.3. The van der Waals surface area contributed by atoms with Gasteiger partial charge in [0.15, 0.2) is 0 Å². The molecule has 0 saturated heterocycles. The average Bonchev–Trinajstić information content (AvgIpc) is 2.56. The minimum atomic E-state index is -4.22. The van der Waals surface area contributed by atoms with Gasteiger partial charge in [0.05, 0.1) is 16.3 Å². The Morgan fingerprint density at radius 2 is 1.88 bits per heavy atom. The second-order valence-corrected chi connectivity index (χ2v) is 7.28. The molecule has 0 unspecified atom stereocenters. The average molecular weight is 380 g/mol. The number of amides is 1. The molecule has 10 heteroatoms. The Labute approximate surface area is 147 Å². The number of carbonyl (C=O) groups is 2. The molecule has 3 rings (SSSR count). The monoisotopic (exact) mass is 380 g/mol. The molecule has 2 aromatic rings. The largest absolute Gasteiger partial charge is 0.511 e. The lowest BCUT2D eigenvalue weighted by Crippen LogP contribution is -2.49. The maximum atomic E-state index is 13.7. The van der Waals surface area contributed by atoms with E-state index >= 15 is 0 Å². The van der Waals surface area contributed by atoms with Gasteiger partial charge >= 0.3 is 6.16 Å². The maximum Gasteiger partial charge on any atom is 0.511 e. The van der Waals surface area contributed by atoms with Gasteiger partial charge in [-0.3, -0.25) is 9.10 Å². The van der Waals surface area contributed by atoms with Gasteiger partial charge in [0.25, 0.3) is 10.0 Å². The third kappa shape index (κ3) is 3.06. The fourth-order valence-corrected chi connectivity index (χ4v) is 4.21. The molecule has 0 saturated carbocycles. The molecule has 1 heterocycles. The van der Waals surface area contributed by atoms with Crippen LogP contribution in [0.3, 0.4) is 0 Å². The smallest absolute Gasteiger partial charge is 0.449 e. The lowest BCUT2D eigenvalue weighted by atomic mass is 10.1. The summed E-state index contributed by atoms with van der Waals surface area (Å²) in [4.78, 5) is 22.4. The quantitative estimate of drug-likeness (QED) is 0.625. The molecule has 8 nitrogen and oxygen atoms in total. The highest BCUT2D eigenvalue weighted by atomic mass is 32.2. The zero-order chi connectivity index (χ0) is 19.1. The van der Waals surface area contributed by atoms with E-state index in [4.69, 9.17) is 5.11 Å². The van der Waals surface area contributed by atoms with E-state index in [2.05, 4.69) is 10.1 Å². The van der Waals surface area contributed by atoms with E-state index < -0.39 is 33.9 Å². The van der Waals surface area contributed by atoms with Crippen LogP contribution in [-0.4, -0.2) is 31.6 Å². The number of nitrogens with one attached hydrogen (secondary N) is 1. The molecule has 26 heavy (non-hydrogen) atoms. The Kier molecular flexibility index (Phi) is 4.28. The molecule has 0 aromatic heterocycles. The van der Waals surface area contributed by atoms with Crippen LogP contribution in [0.2, 0.25) is 0 Å². The summed E-state index contributed by atoms with van der Waals surface area (Å²) in [7, 11) is -4.22. The molecular formula is C16H13FN2O6S. The van der Waals surface area contributed by atoms with Crippen molar-refractivity contribution in [3.63, 3.8) is 0 Å². The number of fused-ring (bicyclic) bond motifs is 1. The number of carboxylic acid groups (broad SMARTS) is 1. The van der Waals surface area contributed by atoms with Crippen molar-refractivity contribution in [1.82, 2.24) is 0 Å². The molecule has 2 aromatic carbocycles. The first-order valence-electron chi connectivity index (χ1n) is 7.36. The summed E-state index contributed by atoms with van der Waals surface area (Å²) in [6.45, 7) is 1.38. The Morgan fingerprint density at radius 3 is 2.50 bits per heavy atom. The van der Waals surface area contributed by atoms with Crippen LogP contribution < -0.4 is 14.4 Å². The number of hydrogen-bond acceptors (Lipinski definition) is 5. The molecule has 0 radical (unpaired) electrons. The molecule has 0 spiro atoms. The summed E-state index contributed by atoms with van der Waals surface area (Å²) < 4.78 is 44.9. The van der Waals surface area contributed by atoms with Crippen LogP contribution in [0.25, 0.3) is 0 Å². The van der Waals surface area contributed by atoms with Crippen LogP contribution in [0, 0.1) is 5.82 Å². The predicted molar refractivity (Wildman–Crippen MR) is 89.3 cm³/mol. The molecule has 2 N–H and O–H groups in total. The van der Waals surface area contributed by atoms with Crippen molar-refractivity contribution in [2.75, 3.05) is 9.62 Å². The number of ether oxygens (including phenoxy) is 1. The molecule has 1 amide bonds. The van der Waals surface area contributed by atoms with E-state index in [-0.39, 0.29) is 22.0 Å². The first kappa shape index (κ1) is 17.7. The van der Waals surface area contributed by atoms with Crippen LogP contribution in [0.4, 0.5) is 20.6 Å². The number of anilines is 2. The number of carbonyl (C=O) groups excluding carboxylic acids is 1. The van der Waals surface area contributed by atoms with Gasteiger partial charge in [0.1, 0.15) is 17.6 Å². The molecule has 0 aliphatic carbocycles. The fourth-order valence-electron chi connectivity index (χ4n) is 2.58. The Bertz CT molecular complexity index is 990. The van der Waals surface area contributed by atoms with Crippen molar-refractivity contribution in [2.45, 2.75) is 17.9 Å². The minimum absolute atomic E-state index is 0.00274. The highest BCUT2D eigenvalue weighted by Crippen LogP contribution is 2.37. The van der Waals surface area contributed by atoms with Gasteiger partial charge in [-0.15, -0.1) is 0 Å². The van der Waals surface area contributed by atoms with Crippen molar-refractivity contribution >= 4 is 33.5 Å². The molecule has 1 aliphatic rings. The molecule has 0 fully saturated rings. The lowest BCUT2D eigenvalue weighted by molar-refractivity contribution is -0.117. The van der Waals surface area contributed by atoms with Gasteiger partial charge in [-0.25, -0.2) is 17.6 Å². The SMILES string of the molecule is C[C@H]1C(=O)Nc2ccc(F)cc2N1S(=O)(=O)c1ccc(OC(=O)O)cc1. The molecular weight excluding hydrogens is 367 g/mol. The van der Waals surface area contributed by atoms with Crippen molar-refractivity contribution in [3.05, 3.63) is 48.3 Å². The van der Waals surface area contributed by atoms with E-state index in [1.807, 2.05) is 0 Å². The second kappa shape index (κ2) is 6.30. The highest BCUT2D eigenvalue weighted by molar-refractivity contribution is 7.93. The molecule has 0 bridgehead atoms. The topological polar surface area (TPSA) is 113 Å². The zero-order valence-corrected chi connectivity index (χ0v) is 14.2. The van der Waals surface area contributed by atoms with Gasteiger partial charge < -0.3 is 15.2 Å². The number of nitrogens with zero attached hydrogens (tertiary/aromatic N) is 1. The summed E-state index contributed by atoms with van der Waals surface area (Å²) in [6, 6.07) is 6.93. The molecule has 1 aliphatic heterocycles. The van der Waals surface area contributed by atoms with E-state index in [1.165, 1.54) is 25.1 Å². The molecule has 136 valence electrons. The van der Waals surface area contributed by atoms with Crippen LogP contribution in [0.5, 0.6) is 5.75 Å². The fraction of sp³-hybridized carbons (Fsp3) is 0.125. The van der Waals surface area contributed by atoms with Gasteiger partial charge in [-0.1, -0.05) is 0 Å². The summed E-state index contributed by atoms with van der Waals surface area (Å²) in [5.74, 6) is -1.27. The first-order valence-corrected chi connectivity index (χ1v) is 8.80. The molecule has 1 atom stereocenters. The lowest BCUT2D eigenvalue weighted by Gasteiger charge is -2.35. The summed E-state index contributed by atoms with van der Waals surface area (Å²) in [5.41, 5.74) is 0.173.